The van der Waals surface area contributed by atoms with Crippen LogP contribution in [0.15, 0.2) is 35.6 Å². The maximum absolute atomic E-state index is 14.9. The number of hydrogen-bond donors (Lipinski definition) is 3. The molecule has 4 heterocycles. The van der Waals surface area contributed by atoms with E-state index in [1.54, 1.807) is 35.0 Å². The first-order valence-corrected chi connectivity index (χ1v) is 11.7. The van der Waals surface area contributed by atoms with Crippen molar-refractivity contribution in [2.75, 3.05) is 50.6 Å². The molecule has 13 heteroatoms. The van der Waals surface area contributed by atoms with Crippen LogP contribution >= 0.6 is 0 Å². The highest BCUT2D eigenvalue weighted by Crippen LogP contribution is 2.36. The van der Waals surface area contributed by atoms with Gasteiger partial charge in [-0.2, -0.15) is 10.1 Å². The van der Waals surface area contributed by atoms with Gasteiger partial charge >= 0.3 is 0 Å². The van der Waals surface area contributed by atoms with Gasteiger partial charge < -0.3 is 20.1 Å². The summed E-state index contributed by atoms with van der Waals surface area (Å²) in [5.74, 6) is 0.528. The summed E-state index contributed by atoms with van der Waals surface area (Å²) in [5, 5.41) is 13.7. The van der Waals surface area contributed by atoms with Crippen molar-refractivity contribution in [2.24, 2.45) is 5.11 Å². The molecule has 36 heavy (non-hydrogen) atoms. The molecular weight excluding hydrogens is 477 g/mol. The Labute approximate surface area is 205 Å². The Balaban J connectivity index is 1.39. The highest BCUT2D eigenvalue weighted by atomic mass is 19.3. The molecule has 0 spiro atoms. The molecule has 2 saturated heterocycles. The van der Waals surface area contributed by atoms with Gasteiger partial charge in [-0.1, -0.05) is 6.07 Å². The van der Waals surface area contributed by atoms with Crippen LogP contribution in [-0.2, 0) is 4.74 Å². The summed E-state index contributed by atoms with van der Waals surface area (Å²) in [6.45, 7) is 1.85. The first-order valence-electron chi connectivity index (χ1n) is 11.7. The predicted octanol–water partition coefficient (Wildman–Crippen LogP) is 3.97. The van der Waals surface area contributed by atoms with Crippen molar-refractivity contribution < 1.29 is 22.6 Å². The van der Waals surface area contributed by atoms with E-state index in [0.717, 1.165) is 6.54 Å². The van der Waals surface area contributed by atoms with Crippen LogP contribution in [0.3, 0.4) is 0 Å². The fourth-order valence-corrected chi connectivity index (χ4v) is 4.58. The molecule has 0 aliphatic carbocycles. The molecule has 0 amide bonds. The van der Waals surface area contributed by atoms with E-state index in [1.807, 2.05) is 0 Å². The Morgan fingerprint density at radius 1 is 1.31 bits per heavy atom. The number of fused-ring (bicyclic) bond motifs is 1. The van der Waals surface area contributed by atoms with Gasteiger partial charge in [0, 0.05) is 24.8 Å². The van der Waals surface area contributed by atoms with Crippen LogP contribution in [0.5, 0.6) is 5.88 Å². The van der Waals surface area contributed by atoms with Gasteiger partial charge in [-0.3, -0.25) is 4.90 Å². The number of aromatic nitrogens is 3. The third-order valence-electron chi connectivity index (χ3n) is 6.57. The second kappa shape index (κ2) is 10.3. The number of likely N-dealkylation sites (tertiary alicyclic amines) is 1. The van der Waals surface area contributed by atoms with Crippen molar-refractivity contribution >= 4 is 22.8 Å². The summed E-state index contributed by atoms with van der Waals surface area (Å²) in [7, 11) is 1.48. The number of methoxy groups -OCH3 is 1. The lowest BCUT2D eigenvalue weighted by molar-refractivity contribution is -0.0794. The number of halogens is 3. The zero-order chi connectivity index (χ0) is 25.2. The van der Waals surface area contributed by atoms with Crippen LogP contribution in [0.2, 0.25) is 0 Å². The zero-order valence-electron chi connectivity index (χ0n) is 19.6. The minimum atomic E-state index is -2.55. The lowest BCUT2D eigenvalue weighted by Crippen LogP contribution is -2.57. The van der Waals surface area contributed by atoms with E-state index in [1.165, 1.54) is 7.11 Å². The van der Waals surface area contributed by atoms with Gasteiger partial charge in [0.15, 0.2) is 0 Å². The average Bonchev–Trinajstić information content (AvgIpc) is 3.26. The van der Waals surface area contributed by atoms with Crippen molar-refractivity contribution in [2.45, 2.75) is 31.1 Å². The van der Waals surface area contributed by atoms with Gasteiger partial charge in [-0.05, 0) is 30.2 Å². The fourth-order valence-electron chi connectivity index (χ4n) is 4.58. The van der Waals surface area contributed by atoms with Crippen LogP contribution in [0.25, 0.3) is 16.6 Å². The third-order valence-corrected chi connectivity index (χ3v) is 6.57. The van der Waals surface area contributed by atoms with E-state index >= 15 is 0 Å². The number of anilines is 2. The first kappa shape index (κ1) is 24.3. The molecule has 2 atom stereocenters. The Kier molecular flexibility index (Phi) is 6.92. The molecule has 0 saturated carbocycles. The van der Waals surface area contributed by atoms with E-state index in [2.05, 4.69) is 30.7 Å². The van der Waals surface area contributed by atoms with Crippen molar-refractivity contribution in [1.82, 2.24) is 19.5 Å². The van der Waals surface area contributed by atoms with E-state index < -0.39 is 25.2 Å². The van der Waals surface area contributed by atoms with Gasteiger partial charge in [-0.15, -0.1) is 5.10 Å². The summed E-state index contributed by atoms with van der Waals surface area (Å²) in [6, 6.07) is 6.62. The molecule has 3 aromatic rings. The van der Waals surface area contributed by atoms with Crippen molar-refractivity contribution in [3.8, 4) is 17.0 Å². The maximum atomic E-state index is 14.9. The number of rotatable bonds is 9. The summed E-state index contributed by atoms with van der Waals surface area (Å²) < 4.78 is 52.7. The minimum absolute atomic E-state index is 0.245. The molecule has 10 nitrogen and oxygen atoms in total. The van der Waals surface area contributed by atoms with Gasteiger partial charge in [0.2, 0.25) is 11.8 Å². The van der Waals surface area contributed by atoms with Crippen LogP contribution in [0, 0.1) is 5.53 Å². The van der Waals surface area contributed by atoms with E-state index in [4.69, 9.17) is 15.0 Å². The highest BCUT2D eigenvalue weighted by molar-refractivity contribution is 5.87. The number of ether oxygens (including phenoxy) is 2. The monoisotopic (exact) mass is 504 g/mol. The van der Waals surface area contributed by atoms with E-state index in [9.17, 15) is 13.2 Å². The molecule has 5 rings (SSSR count). The predicted molar refractivity (Wildman–Crippen MR) is 127 cm³/mol. The Morgan fingerprint density at radius 3 is 2.81 bits per heavy atom. The Bertz CT molecular complexity index is 1240. The van der Waals surface area contributed by atoms with Gasteiger partial charge in [0.1, 0.15) is 17.4 Å². The van der Waals surface area contributed by atoms with Crippen LogP contribution in [0.1, 0.15) is 6.42 Å². The number of hydrogen-bond acceptors (Lipinski definition) is 9. The molecule has 1 aromatic carbocycles. The summed E-state index contributed by atoms with van der Waals surface area (Å²) >= 11 is 0. The lowest BCUT2D eigenvalue weighted by atomic mass is 10.0. The first-order chi connectivity index (χ1) is 17.5. The number of nitrogens with zero attached hydrogens (tertiary/aromatic N) is 5. The lowest BCUT2D eigenvalue weighted by Gasteiger charge is -2.42. The Morgan fingerprint density at radius 2 is 2.14 bits per heavy atom. The second-order valence-electron chi connectivity index (χ2n) is 8.82. The van der Waals surface area contributed by atoms with Gasteiger partial charge in [0.05, 0.1) is 44.6 Å². The standard InChI is InChI=1S/C23H27F3N8O2/c1-35-22-21-15(13-2-3-18(31-27)19(8-13)28-9-20(25)26)4-7-34(21)32-23(30-22)29-17-5-6-33(10-16(17)24)14-11-36-12-14/h2-4,7-8,14,16-17,20,27-28H,5-6,9-12H2,1H3,(H,29,32)/t16-,17+/m1/s1. The van der Waals surface area contributed by atoms with Gasteiger partial charge in [-0.25, -0.2) is 23.2 Å². The molecule has 0 bridgehead atoms. The molecule has 0 unspecified atom stereocenters. The number of piperidine rings is 1. The zero-order valence-corrected chi connectivity index (χ0v) is 19.6. The fraction of sp³-hybridized carbons (Fsp3) is 0.478. The third kappa shape index (κ3) is 4.80. The molecule has 2 aliphatic heterocycles. The van der Waals surface area contributed by atoms with Crippen molar-refractivity contribution in [3.05, 3.63) is 30.5 Å². The molecule has 2 aromatic heterocycles. The molecule has 3 N–H and O–H groups in total. The topological polar surface area (TPSA) is 112 Å². The summed E-state index contributed by atoms with van der Waals surface area (Å²) in [5.41, 5.74) is 9.82. The molecule has 0 radical (unpaired) electrons. The maximum Gasteiger partial charge on any atom is 0.255 e. The Hall–Kier alpha value is -3.45. The molecule has 2 fully saturated rings. The molecular formula is C23H27F3N8O2. The average molecular weight is 505 g/mol. The second-order valence-corrected chi connectivity index (χ2v) is 8.82. The van der Waals surface area contributed by atoms with Gasteiger partial charge in [0.25, 0.3) is 6.43 Å². The normalized spacial score (nSPS) is 20.9. The quantitative estimate of drug-likeness (QED) is 0.378. The van der Waals surface area contributed by atoms with E-state index in [0.29, 0.717) is 54.6 Å². The number of alkyl halides is 3. The largest absolute Gasteiger partial charge is 0.479 e. The van der Waals surface area contributed by atoms with Crippen molar-refractivity contribution in [1.29, 1.82) is 5.53 Å². The molecule has 192 valence electrons. The van der Waals surface area contributed by atoms with Crippen LogP contribution in [0.4, 0.5) is 30.5 Å². The highest BCUT2D eigenvalue weighted by Gasteiger charge is 2.35. The number of benzene rings is 1. The van der Waals surface area contributed by atoms with Crippen LogP contribution < -0.4 is 15.4 Å². The van der Waals surface area contributed by atoms with Crippen LogP contribution in [-0.4, -0.2) is 84.1 Å². The number of nitrogens with one attached hydrogen (secondary N) is 3. The summed E-state index contributed by atoms with van der Waals surface area (Å²) in [4.78, 5) is 6.60. The summed E-state index contributed by atoms with van der Waals surface area (Å²) in [6.07, 6.45) is -1.29. The minimum Gasteiger partial charge on any atom is -0.479 e. The van der Waals surface area contributed by atoms with Crippen molar-refractivity contribution in [3.63, 3.8) is 0 Å². The SMILES string of the molecule is COc1nc(N[C@H]2CCN(C3COC3)C[C@H]2F)nn2ccc(-c3ccc(N=N)c(NCC(F)F)c3)c12. The smallest absolute Gasteiger partial charge is 0.255 e. The molecule has 2 aliphatic rings. The van der Waals surface area contributed by atoms with E-state index in [-0.39, 0.29) is 17.5 Å².